The van der Waals surface area contributed by atoms with Gasteiger partial charge in [0.25, 0.3) is 0 Å². The minimum absolute atomic E-state index is 0.0343. The monoisotopic (exact) mass is 317 g/mol. The van der Waals surface area contributed by atoms with Crippen LogP contribution < -0.4 is 10.3 Å². The number of nitrogens with zero attached hydrogens (tertiary/aromatic N) is 3. The first kappa shape index (κ1) is 14.3. The number of para-hydroxylation sites is 1. The summed E-state index contributed by atoms with van der Waals surface area (Å²) in [5, 5.41) is 3.16. The number of carbonyl (C=O) groups excluding carboxylic acids is 1. The highest BCUT2D eigenvalue weighted by molar-refractivity contribution is 7.99. The van der Waals surface area contributed by atoms with E-state index >= 15 is 0 Å². The summed E-state index contributed by atoms with van der Waals surface area (Å²) in [5.41, 5.74) is -0.0686. The van der Waals surface area contributed by atoms with E-state index in [0.717, 1.165) is 0 Å². The summed E-state index contributed by atoms with van der Waals surface area (Å²) in [5.74, 6) is -0.229. The summed E-state index contributed by atoms with van der Waals surface area (Å²) in [6, 6.07) is 9.01. The van der Waals surface area contributed by atoms with Gasteiger partial charge in [-0.15, -0.1) is 0 Å². The minimum Gasteiger partial charge on any atom is -0.329 e. The molecule has 112 valence electrons. The van der Waals surface area contributed by atoms with Crippen molar-refractivity contribution in [2.45, 2.75) is 5.16 Å². The first-order valence-corrected chi connectivity index (χ1v) is 7.47. The topological polar surface area (TPSA) is 84.8 Å². The van der Waals surface area contributed by atoms with Gasteiger partial charge in [0.2, 0.25) is 11.5 Å². The maximum atomic E-state index is 12.4. The number of aryl methyl sites for hydroxylation is 1. The van der Waals surface area contributed by atoms with Crippen LogP contribution in [0.15, 0.2) is 57.2 Å². The number of nitrogens with one attached hydrogen (secondary N) is 1. The van der Waals surface area contributed by atoms with E-state index in [0.29, 0.717) is 10.8 Å². The first-order valence-electron chi connectivity index (χ1n) is 6.49. The Labute approximate surface area is 129 Å². The molecule has 0 unspecified atom stereocenters. The van der Waals surface area contributed by atoms with Crippen molar-refractivity contribution in [1.82, 2.24) is 14.8 Å². The lowest BCUT2D eigenvalue weighted by molar-refractivity contribution is -0.672. The Balaban J connectivity index is 1.85. The molecule has 0 saturated carbocycles. The molecule has 0 bridgehead atoms. The normalized spacial score (nSPS) is 10.8. The highest BCUT2D eigenvalue weighted by atomic mass is 32.2. The number of hydrogen-bond donors (Lipinski definition) is 1. The Morgan fingerprint density at radius 3 is 2.86 bits per heavy atom. The van der Waals surface area contributed by atoms with Crippen molar-refractivity contribution in [2.24, 2.45) is 7.05 Å². The minimum atomic E-state index is -0.686. The van der Waals surface area contributed by atoms with Gasteiger partial charge in [-0.2, -0.15) is 0 Å². The number of rotatable bonds is 5. The van der Waals surface area contributed by atoms with E-state index in [9.17, 15) is 9.59 Å². The van der Waals surface area contributed by atoms with Crippen LogP contribution in [0.4, 0.5) is 0 Å². The van der Waals surface area contributed by atoms with Crippen LogP contribution in [0.25, 0.3) is 5.69 Å². The van der Waals surface area contributed by atoms with Crippen molar-refractivity contribution in [3.63, 3.8) is 0 Å². The molecule has 0 aliphatic carbocycles. The molecule has 1 N–H and O–H groups in total. The lowest BCUT2D eigenvalue weighted by atomic mass is 10.3. The summed E-state index contributed by atoms with van der Waals surface area (Å²) in [6.45, 7) is 0. The van der Waals surface area contributed by atoms with Crippen molar-refractivity contribution in [2.75, 3.05) is 5.75 Å². The fraction of sp³-hybridized carbons (Fsp3) is 0.143. The number of hydrogen-bond acceptors (Lipinski definition) is 5. The van der Waals surface area contributed by atoms with Crippen LogP contribution in [-0.4, -0.2) is 26.4 Å². The maximum absolute atomic E-state index is 12.4. The lowest BCUT2D eigenvalue weighted by Crippen LogP contribution is -2.41. The Bertz CT molecular complexity index is 850. The van der Waals surface area contributed by atoms with E-state index in [1.165, 1.54) is 16.4 Å². The van der Waals surface area contributed by atoms with E-state index in [-0.39, 0.29) is 17.2 Å². The molecule has 2 heterocycles. The lowest BCUT2D eigenvalue weighted by Gasteiger charge is -1.98. The second-order valence-corrected chi connectivity index (χ2v) is 5.48. The van der Waals surface area contributed by atoms with E-state index in [1.54, 1.807) is 24.5 Å². The van der Waals surface area contributed by atoms with Crippen LogP contribution in [-0.2, 0) is 7.05 Å². The largest absolute Gasteiger partial charge is 0.438 e. The number of aromatic nitrogens is 4. The molecule has 0 amide bonds. The number of benzene rings is 1. The van der Waals surface area contributed by atoms with Gasteiger partial charge in [-0.3, -0.25) is 9.32 Å². The molecule has 3 rings (SSSR count). The second-order valence-electron chi connectivity index (χ2n) is 4.53. The number of imidazole rings is 1. The molecule has 22 heavy (non-hydrogen) atoms. The van der Waals surface area contributed by atoms with Gasteiger partial charge in [-0.05, 0) is 9.95 Å². The Hall–Kier alpha value is -2.61. The first-order chi connectivity index (χ1) is 10.7. The van der Waals surface area contributed by atoms with Crippen molar-refractivity contribution < 1.29 is 14.0 Å². The molecule has 3 aromatic rings. The molecule has 1 aromatic carbocycles. The van der Waals surface area contributed by atoms with E-state index in [1.807, 2.05) is 29.8 Å². The highest BCUT2D eigenvalue weighted by Crippen LogP contribution is 2.15. The summed E-state index contributed by atoms with van der Waals surface area (Å²) in [6.07, 6.45) is 3.45. The average molecular weight is 317 g/mol. The van der Waals surface area contributed by atoms with Gasteiger partial charge in [0.1, 0.15) is 0 Å². The molecule has 0 atom stereocenters. The molecule has 0 aliphatic heterocycles. The van der Waals surface area contributed by atoms with Crippen molar-refractivity contribution in [3.05, 3.63) is 58.8 Å². The average Bonchev–Trinajstić information content (AvgIpc) is 3.11. The molecular formula is C14H13N4O3S+. The van der Waals surface area contributed by atoms with Crippen molar-refractivity contribution >= 4 is 17.5 Å². The predicted octanol–water partition coefficient (Wildman–Crippen LogP) is 0.953. The van der Waals surface area contributed by atoms with Gasteiger partial charge in [0, 0.05) is 31.6 Å². The van der Waals surface area contributed by atoms with Crippen LogP contribution in [0, 0.1) is 0 Å². The van der Waals surface area contributed by atoms with Gasteiger partial charge in [0.05, 0.1) is 5.75 Å². The van der Waals surface area contributed by atoms with Gasteiger partial charge in [-0.25, -0.2) is 9.78 Å². The maximum Gasteiger partial charge on any atom is 0.438 e. The quantitative estimate of drug-likeness (QED) is 0.430. The fourth-order valence-electron chi connectivity index (χ4n) is 1.96. The summed E-state index contributed by atoms with van der Waals surface area (Å²) in [7, 11) is 1.84. The molecule has 8 heteroatoms. The van der Waals surface area contributed by atoms with E-state index < -0.39 is 5.63 Å². The number of H-pyrrole nitrogens is 1. The molecule has 0 aliphatic rings. The third-order valence-corrected chi connectivity index (χ3v) is 4.09. The van der Waals surface area contributed by atoms with Crippen molar-refractivity contribution in [3.8, 4) is 5.69 Å². The van der Waals surface area contributed by atoms with Crippen LogP contribution in [0.1, 0.15) is 10.5 Å². The van der Waals surface area contributed by atoms with Gasteiger partial charge in [0.15, 0.2) is 5.16 Å². The third-order valence-electron chi connectivity index (χ3n) is 3.03. The zero-order valence-electron chi connectivity index (χ0n) is 11.7. The van der Waals surface area contributed by atoms with Crippen LogP contribution in [0.2, 0.25) is 0 Å². The van der Waals surface area contributed by atoms with Crippen LogP contribution in [0.5, 0.6) is 0 Å². The summed E-state index contributed by atoms with van der Waals surface area (Å²) in [4.78, 5) is 28.3. The molecule has 0 spiro atoms. The number of thioether (sulfide) groups is 1. The molecule has 0 fully saturated rings. The van der Waals surface area contributed by atoms with E-state index in [2.05, 4.69) is 10.3 Å². The Morgan fingerprint density at radius 2 is 2.18 bits per heavy atom. The molecule has 2 aromatic heterocycles. The number of aromatic amines is 1. The second kappa shape index (κ2) is 6.02. The van der Waals surface area contributed by atoms with Gasteiger partial charge < -0.3 is 4.57 Å². The molecule has 7 nitrogen and oxygen atoms in total. The number of Topliss-reactive ketones (excluding diaryl/α,β-unsaturated/α-hetero) is 1. The molecule has 0 saturated heterocycles. The third kappa shape index (κ3) is 2.73. The van der Waals surface area contributed by atoms with E-state index in [4.69, 9.17) is 4.52 Å². The van der Waals surface area contributed by atoms with Crippen LogP contribution >= 0.6 is 11.8 Å². The smallest absolute Gasteiger partial charge is 0.329 e. The van der Waals surface area contributed by atoms with Gasteiger partial charge >= 0.3 is 11.3 Å². The number of ketones is 1. The molecule has 0 radical (unpaired) electrons. The number of carbonyl (C=O) groups is 1. The van der Waals surface area contributed by atoms with Gasteiger partial charge in [-0.1, -0.05) is 30.0 Å². The fourth-order valence-corrected chi connectivity index (χ4v) is 2.76. The summed E-state index contributed by atoms with van der Waals surface area (Å²) < 4.78 is 7.92. The standard InChI is InChI=1S/C14H12N4O3S/c1-17-8-7-15-14(17)22-9-11(19)12-13(20)21-16-18(12)10-5-3-2-4-6-10/h2-8H,9H2,1H3/p+1. The summed E-state index contributed by atoms with van der Waals surface area (Å²) >= 11 is 1.27. The molecular weight excluding hydrogens is 304 g/mol. The van der Waals surface area contributed by atoms with Crippen LogP contribution in [0.3, 0.4) is 0 Å². The zero-order valence-corrected chi connectivity index (χ0v) is 12.5. The highest BCUT2D eigenvalue weighted by Gasteiger charge is 2.30. The zero-order chi connectivity index (χ0) is 15.5. The van der Waals surface area contributed by atoms with Crippen molar-refractivity contribution in [1.29, 1.82) is 0 Å². The predicted molar refractivity (Wildman–Crippen MR) is 79.1 cm³/mol. The Morgan fingerprint density at radius 1 is 1.41 bits per heavy atom. The SMILES string of the molecule is Cn1ccnc1SCC(=O)c1c(=O)o[nH][n+]1-c1ccccc1. The Kier molecular flexibility index (Phi) is 3.92.